The maximum atomic E-state index is 6.25. The first-order valence-electron chi connectivity index (χ1n) is 6.68. The molecule has 2 aromatic carbocycles. The number of anilines is 1. The summed E-state index contributed by atoms with van der Waals surface area (Å²) < 4.78 is 2.16. The summed E-state index contributed by atoms with van der Waals surface area (Å²) >= 11 is 6.25. The van der Waals surface area contributed by atoms with Gasteiger partial charge in [0.25, 0.3) is 0 Å². The molecular formula is C17H17ClN2. The molecule has 0 amide bonds. The van der Waals surface area contributed by atoms with Crippen molar-refractivity contribution in [2.24, 2.45) is 7.05 Å². The fourth-order valence-electron chi connectivity index (χ4n) is 2.52. The summed E-state index contributed by atoms with van der Waals surface area (Å²) in [4.78, 5) is 0. The van der Waals surface area contributed by atoms with Crippen molar-refractivity contribution < 1.29 is 0 Å². The van der Waals surface area contributed by atoms with Crippen molar-refractivity contribution in [1.29, 1.82) is 0 Å². The summed E-state index contributed by atoms with van der Waals surface area (Å²) in [7, 11) is 2.07. The van der Waals surface area contributed by atoms with E-state index in [4.69, 9.17) is 11.6 Å². The molecule has 1 aromatic heterocycles. The fraction of sp³-hybridized carbons (Fsp3) is 0.176. The standard InChI is InChI=1S/C17H17ClN2/c1-12-7-8-16(15(18)9-12)19-10-13-11-20(2)17-6-4-3-5-14(13)17/h3-9,11,19H,10H2,1-2H3. The molecule has 2 nitrogen and oxygen atoms in total. The number of para-hydroxylation sites is 1. The van der Waals surface area contributed by atoms with Gasteiger partial charge in [0.1, 0.15) is 0 Å². The largest absolute Gasteiger partial charge is 0.380 e. The molecule has 0 bridgehead atoms. The van der Waals surface area contributed by atoms with Gasteiger partial charge in [-0.1, -0.05) is 35.9 Å². The highest BCUT2D eigenvalue weighted by Gasteiger charge is 2.06. The van der Waals surface area contributed by atoms with E-state index in [-0.39, 0.29) is 0 Å². The Hall–Kier alpha value is -1.93. The highest BCUT2D eigenvalue weighted by Crippen LogP contribution is 2.25. The summed E-state index contributed by atoms with van der Waals surface area (Å²) in [5.74, 6) is 0. The van der Waals surface area contributed by atoms with E-state index in [0.29, 0.717) is 0 Å². The minimum atomic E-state index is 0.768. The van der Waals surface area contributed by atoms with Crippen molar-refractivity contribution in [1.82, 2.24) is 4.57 Å². The van der Waals surface area contributed by atoms with Gasteiger partial charge in [-0.05, 0) is 36.2 Å². The zero-order valence-electron chi connectivity index (χ0n) is 11.7. The van der Waals surface area contributed by atoms with Gasteiger partial charge in [0.2, 0.25) is 0 Å². The number of hydrogen-bond donors (Lipinski definition) is 1. The Morgan fingerprint density at radius 1 is 1.15 bits per heavy atom. The molecule has 0 fully saturated rings. The Morgan fingerprint density at radius 2 is 1.95 bits per heavy atom. The van der Waals surface area contributed by atoms with Crippen LogP contribution in [0.4, 0.5) is 5.69 Å². The number of hydrogen-bond acceptors (Lipinski definition) is 1. The van der Waals surface area contributed by atoms with Crippen molar-refractivity contribution in [3.05, 3.63) is 64.8 Å². The van der Waals surface area contributed by atoms with Gasteiger partial charge in [0.15, 0.2) is 0 Å². The lowest BCUT2D eigenvalue weighted by molar-refractivity contribution is 0.956. The number of rotatable bonds is 3. The Kier molecular flexibility index (Phi) is 3.41. The number of nitrogens with one attached hydrogen (secondary N) is 1. The Morgan fingerprint density at radius 3 is 2.75 bits per heavy atom. The lowest BCUT2D eigenvalue weighted by Gasteiger charge is -2.08. The van der Waals surface area contributed by atoms with Crippen LogP contribution in [-0.4, -0.2) is 4.57 Å². The molecule has 1 heterocycles. The zero-order chi connectivity index (χ0) is 14.1. The minimum absolute atomic E-state index is 0.768. The van der Waals surface area contributed by atoms with E-state index in [2.05, 4.69) is 53.5 Å². The van der Waals surface area contributed by atoms with Gasteiger partial charge in [0.05, 0.1) is 10.7 Å². The fourth-order valence-corrected chi connectivity index (χ4v) is 2.82. The summed E-state index contributed by atoms with van der Waals surface area (Å²) in [5, 5.41) is 5.47. The number of aryl methyl sites for hydroxylation is 2. The molecule has 3 rings (SSSR count). The first kappa shape index (κ1) is 13.1. The van der Waals surface area contributed by atoms with Crippen LogP contribution in [0.5, 0.6) is 0 Å². The normalized spacial score (nSPS) is 10.9. The SMILES string of the molecule is Cc1ccc(NCc2cn(C)c3ccccc23)c(Cl)c1. The molecule has 102 valence electrons. The molecule has 0 saturated carbocycles. The first-order valence-corrected chi connectivity index (χ1v) is 7.06. The molecule has 0 saturated heterocycles. The van der Waals surface area contributed by atoms with Gasteiger partial charge in [-0.3, -0.25) is 0 Å². The molecule has 0 atom stereocenters. The number of nitrogens with zero attached hydrogens (tertiary/aromatic N) is 1. The predicted octanol–water partition coefficient (Wildman–Crippen LogP) is 4.75. The van der Waals surface area contributed by atoms with E-state index < -0.39 is 0 Å². The van der Waals surface area contributed by atoms with E-state index in [1.54, 1.807) is 0 Å². The lowest BCUT2D eigenvalue weighted by Crippen LogP contribution is -1.99. The summed E-state index contributed by atoms with van der Waals surface area (Å²) in [5.41, 5.74) is 4.68. The Labute approximate surface area is 124 Å². The summed E-state index contributed by atoms with van der Waals surface area (Å²) in [6.45, 7) is 2.81. The molecule has 0 spiro atoms. The summed E-state index contributed by atoms with van der Waals surface area (Å²) in [6, 6.07) is 14.5. The van der Waals surface area contributed by atoms with Crippen molar-refractivity contribution in [2.75, 3.05) is 5.32 Å². The molecular weight excluding hydrogens is 268 g/mol. The van der Waals surface area contributed by atoms with E-state index in [1.165, 1.54) is 22.0 Å². The van der Waals surface area contributed by atoms with Crippen molar-refractivity contribution >= 4 is 28.2 Å². The molecule has 0 aliphatic carbocycles. The van der Waals surface area contributed by atoms with Gasteiger partial charge in [0, 0.05) is 30.7 Å². The van der Waals surface area contributed by atoms with E-state index in [1.807, 2.05) is 19.1 Å². The molecule has 0 radical (unpaired) electrons. The molecule has 0 aliphatic rings. The molecule has 3 aromatic rings. The minimum Gasteiger partial charge on any atom is -0.380 e. The van der Waals surface area contributed by atoms with Gasteiger partial charge in [-0.2, -0.15) is 0 Å². The molecule has 0 unspecified atom stereocenters. The second-order valence-electron chi connectivity index (χ2n) is 5.12. The van der Waals surface area contributed by atoms with Crippen molar-refractivity contribution in [2.45, 2.75) is 13.5 Å². The van der Waals surface area contributed by atoms with Gasteiger partial charge < -0.3 is 9.88 Å². The third kappa shape index (κ3) is 2.39. The van der Waals surface area contributed by atoms with Crippen LogP contribution < -0.4 is 5.32 Å². The van der Waals surface area contributed by atoms with E-state index in [0.717, 1.165) is 17.3 Å². The third-order valence-electron chi connectivity index (χ3n) is 3.57. The average Bonchev–Trinajstić information content (AvgIpc) is 2.75. The topological polar surface area (TPSA) is 17.0 Å². The molecule has 20 heavy (non-hydrogen) atoms. The Balaban J connectivity index is 1.87. The first-order chi connectivity index (χ1) is 9.65. The second kappa shape index (κ2) is 5.22. The number of benzene rings is 2. The van der Waals surface area contributed by atoms with Crippen molar-refractivity contribution in [3.8, 4) is 0 Å². The highest BCUT2D eigenvalue weighted by molar-refractivity contribution is 6.33. The van der Waals surface area contributed by atoms with Crippen LogP contribution in [0.25, 0.3) is 10.9 Å². The van der Waals surface area contributed by atoms with E-state index in [9.17, 15) is 0 Å². The van der Waals surface area contributed by atoms with Crippen LogP contribution in [0.2, 0.25) is 5.02 Å². The Bertz CT molecular complexity index is 759. The summed E-state index contributed by atoms with van der Waals surface area (Å²) in [6.07, 6.45) is 2.17. The monoisotopic (exact) mass is 284 g/mol. The number of fused-ring (bicyclic) bond motifs is 1. The zero-order valence-corrected chi connectivity index (χ0v) is 12.4. The quantitative estimate of drug-likeness (QED) is 0.734. The number of halogens is 1. The van der Waals surface area contributed by atoms with Crippen LogP contribution >= 0.6 is 11.6 Å². The average molecular weight is 285 g/mol. The van der Waals surface area contributed by atoms with Gasteiger partial charge >= 0.3 is 0 Å². The van der Waals surface area contributed by atoms with Crippen LogP contribution in [0.15, 0.2) is 48.7 Å². The lowest BCUT2D eigenvalue weighted by atomic mass is 10.1. The second-order valence-corrected chi connectivity index (χ2v) is 5.53. The van der Waals surface area contributed by atoms with Crippen LogP contribution in [0.1, 0.15) is 11.1 Å². The smallest absolute Gasteiger partial charge is 0.0640 e. The number of aromatic nitrogens is 1. The van der Waals surface area contributed by atoms with Crippen LogP contribution in [-0.2, 0) is 13.6 Å². The maximum absolute atomic E-state index is 6.25. The third-order valence-corrected chi connectivity index (χ3v) is 3.89. The highest BCUT2D eigenvalue weighted by atomic mass is 35.5. The van der Waals surface area contributed by atoms with Crippen molar-refractivity contribution in [3.63, 3.8) is 0 Å². The van der Waals surface area contributed by atoms with Crippen LogP contribution in [0.3, 0.4) is 0 Å². The van der Waals surface area contributed by atoms with E-state index >= 15 is 0 Å². The van der Waals surface area contributed by atoms with Crippen LogP contribution in [0, 0.1) is 6.92 Å². The molecule has 0 aliphatic heterocycles. The predicted molar refractivity (Wildman–Crippen MR) is 86.4 cm³/mol. The van der Waals surface area contributed by atoms with Gasteiger partial charge in [-0.15, -0.1) is 0 Å². The molecule has 3 heteroatoms. The molecule has 1 N–H and O–H groups in total. The maximum Gasteiger partial charge on any atom is 0.0640 e. The van der Waals surface area contributed by atoms with Gasteiger partial charge in [-0.25, -0.2) is 0 Å².